The normalized spacial score (nSPS) is 15.4. The summed E-state index contributed by atoms with van der Waals surface area (Å²) in [5.41, 5.74) is 0.582. The van der Waals surface area contributed by atoms with Crippen molar-refractivity contribution in [3.63, 3.8) is 0 Å². The second-order valence-corrected chi connectivity index (χ2v) is 5.01. The molecule has 0 bridgehead atoms. The van der Waals surface area contributed by atoms with E-state index in [1.165, 1.54) is 6.08 Å². The maximum Gasteiger partial charge on any atom is 0.251 e. The van der Waals surface area contributed by atoms with Gasteiger partial charge in [0.1, 0.15) is 5.75 Å². The van der Waals surface area contributed by atoms with Gasteiger partial charge in [0, 0.05) is 24.7 Å². The topological polar surface area (TPSA) is 58.6 Å². The van der Waals surface area contributed by atoms with Crippen molar-refractivity contribution in [1.29, 1.82) is 0 Å². The highest BCUT2D eigenvalue weighted by Crippen LogP contribution is 2.15. The van der Waals surface area contributed by atoms with E-state index < -0.39 is 0 Å². The Morgan fingerprint density at radius 1 is 1.38 bits per heavy atom. The van der Waals surface area contributed by atoms with Crippen molar-refractivity contribution in [2.75, 3.05) is 20.2 Å². The Bertz CT molecular complexity index is 534. The fraction of sp³-hybridized carbons (Fsp3) is 0.375. The van der Waals surface area contributed by atoms with Crippen LogP contribution in [0, 0.1) is 0 Å². The van der Waals surface area contributed by atoms with E-state index in [4.69, 9.17) is 4.74 Å². The number of hydrogen-bond donors (Lipinski definition) is 1. The molecule has 21 heavy (non-hydrogen) atoms. The summed E-state index contributed by atoms with van der Waals surface area (Å²) in [6, 6.07) is 7.16. The largest absolute Gasteiger partial charge is 0.497 e. The second-order valence-electron chi connectivity index (χ2n) is 5.01. The number of rotatable bonds is 4. The SMILES string of the molecule is C=CC(=O)N1CCC(NC(=O)c2cccc(OC)c2)CC1. The fourth-order valence-corrected chi connectivity index (χ4v) is 2.41. The first-order valence-corrected chi connectivity index (χ1v) is 7.00. The molecule has 2 rings (SSSR count). The standard InChI is InChI=1S/C16H20N2O3/c1-3-15(19)18-9-7-13(8-10-18)17-16(20)12-5-4-6-14(11-12)21-2/h3-6,11,13H,1,7-10H2,2H3,(H,17,20). The van der Waals surface area contributed by atoms with Crippen molar-refractivity contribution in [3.05, 3.63) is 42.5 Å². The lowest BCUT2D eigenvalue weighted by molar-refractivity contribution is -0.127. The molecule has 1 fully saturated rings. The number of nitrogens with zero attached hydrogens (tertiary/aromatic N) is 1. The molecule has 0 radical (unpaired) electrons. The van der Waals surface area contributed by atoms with Gasteiger partial charge in [-0.25, -0.2) is 0 Å². The quantitative estimate of drug-likeness (QED) is 0.856. The Kier molecular flexibility index (Phi) is 4.98. The van der Waals surface area contributed by atoms with Gasteiger partial charge in [-0.2, -0.15) is 0 Å². The average Bonchev–Trinajstić information content (AvgIpc) is 2.54. The lowest BCUT2D eigenvalue weighted by Gasteiger charge is -2.31. The van der Waals surface area contributed by atoms with Crippen LogP contribution in [0.5, 0.6) is 5.75 Å². The van der Waals surface area contributed by atoms with E-state index in [0.29, 0.717) is 24.4 Å². The molecule has 1 aromatic rings. The van der Waals surface area contributed by atoms with Gasteiger partial charge in [0.05, 0.1) is 7.11 Å². The van der Waals surface area contributed by atoms with Gasteiger partial charge in [-0.05, 0) is 37.1 Å². The van der Waals surface area contributed by atoms with Crippen molar-refractivity contribution >= 4 is 11.8 Å². The van der Waals surface area contributed by atoms with Crippen molar-refractivity contribution in [2.24, 2.45) is 0 Å². The summed E-state index contributed by atoms with van der Waals surface area (Å²) in [6.07, 6.45) is 2.85. The number of methoxy groups -OCH3 is 1. The molecule has 1 N–H and O–H groups in total. The van der Waals surface area contributed by atoms with Crippen molar-refractivity contribution in [1.82, 2.24) is 10.2 Å². The number of carbonyl (C=O) groups is 2. The molecule has 0 aromatic heterocycles. The van der Waals surface area contributed by atoms with Crippen molar-refractivity contribution in [3.8, 4) is 5.75 Å². The molecule has 1 aromatic carbocycles. The Balaban J connectivity index is 1.89. The minimum absolute atomic E-state index is 0.0485. The molecule has 1 saturated heterocycles. The Morgan fingerprint density at radius 3 is 2.71 bits per heavy atom. The molecule has 1 heterocycles. The average molecular weight is 288 g/mol. The van der Waals surface area contributed by atoms with E-state index in [-0.39, 0.29) is 17.9 Å². The van der Waals surface area contributed by atoms with E-state index in [1.54, 1.807) is 36.3 Å². The van der Waals surface area contributed by atoms with Gasteiger partial charge in [0.2, 0.25) is 5.91 Å². The van der Waals surface area contributed by atoms with Gasteiger partial charge in [0.15, 0.2) is 0 Å². The zero-order valence-electron chi connectivity index (χ0n) is 12.2. The molecular weight excluding hydrogens is 268 g/mol. The number of piperidine rings is 1. The highest BCUT2D eigenvalue weighted by Gasteiger charge is 2.22. The van der Waals surface area contributed by atoms with Crippen molar-refractivity contribution in [2.45, 2.75) is 18.9 Å². The first-order valence-electron chi connectivity index (χ1n) is 7.00. The van der Waals surface area contributed by atoms with E-state index in [2.05, 4.69) is 11.9 Å². The second kappa shape index (κ2) is 6.92. The molecule has 0 aliphatic carbocycles. The first-order chi connectivity index (χ1) is 10.1. The third kappa shape index (κ3) is 3.84. The number of likely N-dealkylation sites (tertiary alicyclic amines) is 1. The van der Waals surface area contributed by atoms with E-state index >= 15 is 0 Å². The van der Waals surface area contributed by atoms with Gasteiger partial charge in [0.25, 0.3) is 5.91 Å². The van der Waals surface area contributed by atoms with Crippen LogP contribution in [-0.4, -0.2) is 43.0 Å². The van der Waals surface area contributed by atoms with Crippen LogP contribution in [0.15, 0.2) is 36.9 Å². The molecule has 0 saturated carbocycles. The van der Waals surface area contributed by atoms with Crippen LogP contribution in [0.4, 0.5) is 0 Å². The molecule has 0 spiro atoms. The molecule has 5 heteroatoms. The summed E-state index contributed by atoms with van der Waals surface area (Å²) < 4.78 is 5.11. The summed E-state index contributed by atoms with van der Waals surface area (Å²) in [5.74, 6) is 0.504. The molecule has 1 aliphatic rings. The maximum absolute atomic E-state index is 12.2. The zero-order chi connectivity index (χ0) is 15.2. The minimum Gasteiger partial charge on any atom is -0.497 e. The molecule has 5 nitrogen and oxygen atoms in total. The fourth-order valence-electron chi connectivity index (χ4n) is 2.41. The lowest BCUT2D eigenvalue weighted by Crippen LogP contribution is -2.46. The number of benzene rings is 1. The highest BCUT2D eigenvalue weighted by atomic mass is 16.5. The molecule has 0 unspecified atom stereocenters. The van der Waals surface area contributed by atoms with Gasteiger partial charge < -0.3 is 15.0 Å². The highest BCUT2D eigenvalue weighted by molar-refractivity contribution is 5.94. The monoisotopic (exact) mass is 288 g/mol. The smallest absolute Gasteiger partial charge is 0.251 e. The van der Waals surface area contributed by atoms with Gasteiger partial charge in [-0.3, -0.25) is 9.59 Å². The number of ether oxygens (including phenoxy) is 1. The van der Waals surface area contributed by atoms with Crippen LogP contribution in [0.3, 0.4) is 0 Å². The number of carbonyl (C=O) groups excluding carboxylic acids is 2. The van der Waals surface area contributed by atoms with E-state index in [9.17, 15) is 9.59 Å². The Hall–Kier alpha value is -2.30. The molecule has 2 amide bonds. The number of hydrogen-bond acceptors (Lipinski definition) is 3. The molecule has 0 atom stereocenters. The van der Waals surface area contributed by atoms with Gasteiger partial charge in [-0.15, -0.1) is 0 Å². The van der Waals surface area contributed by atoms with Crippen LogP contribution in [-0.2, 0) is 4.79 Å². The van der Waals surface area contributed by atoms with Crippen LogP contribution < -0.4 is 10.1 Å². The summed E-state index contributed by atoms with van der Waals surface area (Å²) >= 11 is 0. The van der Waals surface area contributed by atoms with E-state index in [0.717, 1.165) is 12.8 Å². The third-order valence-electron chi connectivity index (χ3n) is 3.65. The Morgan fingerprint density at radius 2 is 2.10 bits per heavy atom. The predicted molar refractivity (Wildman–Crippen MR) is 80.3 cm³/mol. The van der Waals surface area contributed by atoms with Crippen molar-refractivity contribution < 1.29 is 14.3 Å². The summed E-state index contributed by atoms with van der Waals surface area (Å²) in [6.45, 7) is 4.78. The van der Waals surface area contributed by atoms with Crippen LogP contribution >= 0.6 is 0 Å². The number of amides is 2. The summed E-state index contributed by atoms with van der Waals surface area (Å²) in [7, 11) is 1.57. The summed E-state index contributed by atoms with van der Waals surface area (Å²) in [5, 5.41) is 3.01. The van der Waals surface area contributed by atoms with Gasteiger partial charge >= 0.3 is 0 Å². The number of nitrogens with one attached hydrogen (secondary N) is 1. The molecule has 1 aliphatic heterocycles. The lowest BCUT2D eigenvalue weighted by atomic mass is 10.0. The van der Waals surface area contributed by atoms with Crippen LogP contribution in [0.1, 0.15) is 23.2 Å². The molecule has 112 valence electrons. The zero-order valence-corrected chi connectivity index (χ0v) is 12.2. The first kappa shape index (κ1) is 15.1. The van der Waals surface area contributed by atoms with Crippen LogP contribution in [0.2, 0.25) is 0 Å². The third-order valence-corrected chi connectivity index (χ3v) is 3.65. The van der Waals surface area contributed by atoms with Gasteiger partial charge in [-0.1, -0.05) is 12.6 Å². The maximum atomic E-state index is 12.2. The van der Waals surface area contributed by atoms with E-state index in [1.807, 2.05) is 0 Å². The predicted octanol–water partition coefficient (Wildman–Crippen LogP) is 1.60. The molecular formula is C16H20N2O3. The minimum atomic E-state index is -0.109. The summed E-state index contributed by atoms with van der Waals surface area (Å²) in [4.78, 5) is 25.4. The Labute approximate surface area is 124 Å². The van der Waals surface area contributed by atoms with Crippen LogP contribution in [0.25, 0.3) is 0 Å².